The van der Waals surface area contributed by atoms with Gasteiger partial charge >= 0.3 is 5.69 Å². The third kappa shape index (κ3) is 2.50. The molecule has 2 heterocycles. The second-order valence-electron chi connectivity index (χ2n) is 4.00. The molecule has 0 amide bonds. The van der Waals surface area contributed by atoms with Crippen LogP contribution < -0.4 is 17.0 Å². The Hall–Kier alpha value is -2.31. The van der Waals surface area contributed by atoms with Gasteiger partial charge in [-0.3, -0.25) is 19.0 Å². The number of aromatic amines is 1. The summed E-state index contributed by atoms with van der Waals surface area (Å²) in [4.78, 5) is 25.3. The summed E-state index contributed by atoms with van der Waals surface area (Å²) >= 11 is 0. The topological polar surface area (TPSA) is 98.7 Å². The number of hydrogen-bond acceptors (Lipinski definition) is 4. The highest BCUT2D eigenvalue weighted by atomic mass is 16.2. The monoisotopic (exact) mass is 249 g/mol. The lowest BCUT2D eigenvalue weighted by molar-refractivity contribution is 0.514. The van der Waals surface area contributed by atoms with Crippen molar-refractivity contribution in [3.8, 4) is 0 Å². The van der Waals surface area contributed by atoms with Crippen molar-refractivity contribution in [3.63, 3.8) is 0 Å². The summed E-state index contributed by atoms with van der Waals surface area (Å²) in [5.41, 5.74) is 5.99. The fraction of sp³-hybridized carbons (Fsp3) is 0.364. The highest BCUT2D eigenvalue weighted by Gasteiger charge is 2.03. The fourth-order valence-corrected chi connectivity index (χ4v) is 1.68. The van der Waals surface area contributed by atoms with Crippen molar-refractivity contribution < 1.29 is 0 Å². The standard InChI is InChI=1S/C11H15N5O2/c1-2-8-6-15(11(18)14-10(8)17)3-4-16-7-9(12)5-13-16/h5-7H,2-4,12H2,1H3,(H,14,17,18). The van der Waals surface area contributed by atoms with Gasteiger partial charge in [0.1, 0.15) is 0 Å². The predicted molar refractivity (Wildman–Crippen MR) is 67.3 cm³/mol. The zero-order chi connectivity index (χ0) is 13.1. The summed E-state index contributed by atoms with van der Waals surface area (Å²) < 4.78 is 3.12. The molecule has 0 aliphatic rings. The van der Waals surface area contributed by atoms with E-state index in [4.69, 9.17) is 5.73 Å². The largest absolute Gasteiger partial charge is 0.396 e. The molecule has 96 valence electrons. The van der Waals surface area contributed by atoms with Gasteiger partial charge in [-0.15, -0.1) is 0 Å². The van der Waals surface area contributed by atoms with Crippen molar-refractivity contribution in [2.75, 3.05) is 5.73 Å². The SMILES string of the molecule is CCc1cn(CCn2cc(N)cn2)c(=O)[nH]c1=O. The molecule has 2 aromatic rings. The zero-order valence-corrected chi connectivity index (χ0v) is 10.1. The number of nitrogens with zero attached hydrogens (tertiary/aromatic N) is 3. The summed E-state index contributed by atoms with van der Waals surface area (Å²) in [5, 5.41) is 4.03. The van der Waals surface area contributed by atoms with Crippen molar-refractivity contribution in [2.24, 2.45) is 0 Å². The number of aromatic nitrogens is 4. The Morgan fingerprint density at radius 2 is 2.11 bits per heavy atom. The molecule has 0 aliphatic carbocycles. The first-order valence-corrected chi connectivity index (χ1v) is 5.70. The van der Waals surface area contributed by atoms with Crippen LogP contribution in [0.3, 0.4) is 0 Å². The summed E-state index contributed by atoms with van der Waals surface area (Å²) in [7, 11) is 0. The molecular formula is C11H15N5O2. The lowest BCUT2D eigenvalue weighted by atomic mass is 10.3. The molecule has 0 aliphatic heterocycles. The molecule has 7 heteroatoms. The highest BCUT2D eigenvalue weighted by molar-refractivity contribution is 5.30. The van der Waals surface area contributed by atoms with Crippen LogP contribution in [0.4, 0.5) is 5.69 Å². The first-order valence-electron chi connectivity index (χ1n) is 5.70. The average Bonchev–Trinajstić information content (AvgIpc) is 2.74. The van der Waals surface area contributed by atoms with Gasteiger partial charge in [-0.05, 0) is 6.42 Å². The molecule has 0 atom stereocenters. The summed E-state index contributed by atoms with van der Waals surface area (Å²) in [6.45, 7) is 2.82. The van der Waals surface area contributed by atoms with E-state index in [0.717, 1.165) is 0 Å². The summed E-state index contributed by atoms with van der Waals surface area (Å²) in [5.74, 6) is 0. The van der Waals surface area contributed by atoms with Gasteiger partial charge in [0.15, 0.2) is 0 Å². The first kappa shape index (κ1) is 12.2. The van der Waals surface area contributed by atoms with Crippen molar-refractivity contribution in [3.05, 3.63) is 45.0 Å². The minimum absolute atomic E-state index is 0.318. The minimum Gasteiger partial charge on any atom is -0.396 e. The number of H-pyrrole nitrogens is 1. The van der Waals surface area contributed by atoms with Crippen LogP contribution >= 0.6 is 0 Å². The Balaban J connectivity index is 2.19. The van der Waals surface area contributed by atoms with Crippen molar-refractivity contribution in [1.82, 2.24) is 19.3 Å². The van der Waals surface area contributed by atoms with Crippen LogP contribution in [0.5, 0.6) is 0 Å². The predicted octanol–water partition coefficient (Wildman–Crippen LogP) is -0.422. The third-order valence-corrected chi connectivity index (χ3v) is 2.69. The molecule has 0 spiro atoms. The van der Waals surface area contributed by atoms with Crippen molar-refractivity contribution in [1.29, 1.82) is 0 Å². The van der Waals surface area contributed by atoms with Gasteiger partial charge in [0.05, 0.1) is 18.4 Å². The van der Waals surface area contributed by atoms with E-state index in [1.807, 2.05) is 6.92 Å². The molecular weight excluding hydrogens is 234 g/mol. The van der Waals surface area contributed by atoms with E-state index in [1.54, 1.807) is 23.3 Å². The lowest BCUT2D eigenvalue weighted by Gasteiger charge is -2.06. The van der Waals surface area contributed by atoms with Gasteiger partial charge in [0.2, 0.25) is 0 Å². The van der Waals surface area contributed by atoms with Crippen LogP contribution in [0.2, 0.25) is 0 Å². The second kappa shape index (κ2) is 4.91. The number of hydrogen-bond donors (Lipinski definition) is 2. The van der Waals surface area contributed by atoms with Gasteiger partial charge in [-0.1, -0.05) is 6.92 Å². The van der Waals surface area contributed by atoms with Gasteiger partial charge < -0.3 is 5.73 Å². The molecule has 0 bridgehead atoms. The Morgan fingerprint density at radius 3 is 2.72 bits per heavy atom. The normalized spacial score (nSPS) is 10.7. The number of anilines is 1. The minimum atomic E-state index is -0.405. The molecule has 18 heavy (non-hydrogen) atoms. The number of rotatable bonds is 4. The molecule has 3 N–H and O–H groups in total. The van der Waals surface area contributed by atoms with E-state index >= 15 is 0 Å². The highest BCUT2D eigenvalue weighted by Crippen LogP contribution is 1.98. The van der Waals surface area contributed by atoms with Crippen molar-refractivity contribution in [2.45, 2.75) is 26.4 Å². The van der Waals surface area contributed by atoms with Crippen LogP contribution in [0.1, 0.15) is 12.5 Å². The van der Waals surface area contributed by atoms with Crippen LogP contribution in [-0.2, 0) is 19.5 Å². The first-order chi connectivity index (χ1) is 8.60. The number of nitrogens with two attached hydrogens (primary N) is 1. The van der Waals surface area contributed by atoms with Gasteiger partial charge in [-0.2, -0.15) is 5.10 Å². The molecule has 2 aromatic heterocycles. The Kier molecular flexibility index (Phi) is 3.31. The average molecular weight is 249 g/mol. The Morgan fingerprint density at radius 1 is 1.33 bits per heavy atom. The smallest absolute Gasteiger partial charge is 0.328 e. The molecule has 0 fully saturated rings. The maximum absolute atomic E-state index is 11.6. The van der Waals surface area contributed by atoms with Crippen LogP contribution in [0.15, 0.2) is 28.2 Å². The summed E-state index contributed by atoms with van der Waals surface area (Å²) in [6.07, 6.45) is 5.42. The van der Waals surface area contributed by atoms with Crippen molar-refractivity contribution >= 4 is 5.69 Å². The van der Waals surface area contributed by atoms with Crippen LogP contribution in [0, 0.1) is 0 Å². The number of nitrogen functional groups attached to an aromatic ring is 1. The lowest BCUT2D eigenvalue weighted by Crippen LogP contribution is -2.32. The molecule has 2 rings (SSSR count). The fourth-order valence-electron chi connectivity index (χ4n) is 1.68. The van der Waals surface area contributed by atoms with Crippen LogP contribution in [-0.4, -0.2) is 19.3 Å². The maximum atomic E-state index is 11.6. The van der Waals surface area contributed by atoms with E-state index in [1.165, 1.54) is 4.57 Å². The summed E-state index contributed by atoms with van der Waals surface area (Å²) in [6, 6.07) is 0. The quantitative estimate of drug-likeness (QED) is 0.768. The third-order valence-electron chi connectivity index (χ3n) is 2.69. The molecule has 0 radical (unpaired) electrons. The zero-order valence-electron chi connectivity index (χ0n) is 10.1. The van der Waals surface area contributed by atoms with Gasteiger partial charge in [-0.25, -0.2) is 4.79 Å². The number of nitrogens with one attached hydrogen (secondary N) is 1. The van der Waals surface area contributed by atoms with E-state index in [-0.39, 0.29) is 5.56 Å². The molecule has 0 aromatic carbocycles. The van der Waals surface area contributed by atoms with Crippen LogP contribution in [0.25, 0.3) is 0 Å². The molecule has 7 nitrogen and oxygen atoms in total. The van der Waals surface area contributed by atoms with E-state index in [9.17, 15) is 9.59 Å². The number of aryl methyl sites for hydroxylation is 3. The molecule has 0 unspecified atom stereocenters. The Bertz CT molecular complexity index is 652. The Labute approximate surface area is 103 Å². The maximum Gasteiger partial charge on any atom is 0.328 e. The van der Waals surface area contributed by atoms with E-state index in [0.29, 0.717) is 30.8 Å². The van der Waals surface area contributed by atoms with E-state index < -0.39 is 5.69 Å². The van der Waals surface area contributed by atoms with Gasteiger partial charge in [0, 0.05) is 24.5 Å². The second-order valence-corrected chi connectivity index (χ2v) is 4.00. The van der Waals surface area contributed by atoms with Gasteiger partial charge in [0.25, 0.3) is 5.56 Å². The molecule has 0 saturated heterocycles. The van der Waals surface area contributed by atoms with E-state index in [2.05, 4.69) is 10.1 Å². The molecule has 0 saturated carbocycles.